The Labute approximate surface area is 126 Å². The van der Waals surface area contributed by atoms with Crippen LogP contribution in [0.2, 0.25) is 5.02 Å². The molecule has 0 saturated heterocycles. The SMILES string of the molecule is COC(=O)CCCCCNC(=O)c1cc(F)c(F)cc1Cl. The van der Waals surface area contributed by atoms with Gasteiger partial charge in [0.1, 0.15) is 0 Å². The Bertz CT molecular complexity index is 523. The van der Waals surface area contributed by atoms with Crippen LogP contribution in [0.3, 0.4) is 0 Å². The van der Waals surface area contributed by atoms with Crippen molar-refractivity contribution in [2.45, 2.75) is 25.7 Å². The number of unbranched alkanes of at least 4 members (excludes halogenated alkanes) is 2. The quantitative estimate of drug-likeness (QED) is 0.477. The van der Waals surface area contributed by atoms with E-state index in [0.717, 1.165) is 18.6 Å². The largest absolute Gasteiger partial charge is 0.469 e. The van der Waals surface area contributed by atoms with Gasteiger partial charge in [-0.25, -0.2) is 8.78 Å². The second kappa shape index (κ2) is 8.56. The van der Waals surface area contributed by atoms with Gasteiger partial charge in [0.2, 0.25) is 0 Å². The number of amides is 1. The van der Waals surface area contributed by atoms with Crippen LogP contribution in [0, 0.1) is 11.6 Å². The summed E-state index contributed by atoms with van der Waals surface area (Å²) < 4.78 is 30.4. The second-order valence-electron chi connectivity index (χ2n) is 4.39. The molecule has 0 heterocycles. The lowest BCUT2D eigenvalue weighted by Crippen LogP contribution is -2.25. The van der Waals surface area contributed by atoms with Gasteiger partial charge in [0.25, 0.3) is 5.91 Å². The van der Waals surface area contributed by atoms with Crippen molar-refractivity contribution in [3.8, 4) is 0 Å². The molecule has 0 aliphatic rings. The zero-order chi connectivity index (χ0) is 15.8. The molecule has 0 saturated carbocycles. The molecule has 7 heteroatoms. The fourth-order valence-electron chi connectivity index (χ4n) is 1.67. The van der Waals surface area contributed by atoms with Crippen LogP contribution >= 0.6 is 11.6 Å². The minimum atomic E-state index is -1.12. The molecule has 0 fully saturated rings. The molecule has 0 aliphatic carbocycles. The molecule has 4 nitrogen and oxygen atoms in total. The summed E-state index contributed by atoms with van der Waals surface area (Å²) in [7, 11) is 1.33. The molecule has 0 spiro atoms. The first kappa shape index (κ1) is 17.4. The Morgan fingerprint density at radius 1 is 1.19 bits per heavy atom. The molecule has 0 aromatic heterocycles. The maximum atomic E-state index is 13.1. The highest BCUT2D eigenvalue weighted by molar-refractivity contribution is 6.33. The van der Waals surface area contributed by atoms with E-state index in [1.807, 2.05) is 0 Å². The van der Waals surface area contributed by atoms with Gasteiger partial charge in [-0.15, -0.1) is 0 Å². The third-order valence-electron chi connectivity index (χ3n) is 2.83. The summed E-state index contributed by atoms with van der Waals surface area (Å²) in [5.41, 5.74) is -0.106. The zero-order valence-corrected chi connectivity index (χ0v) is 12.3. The number of halogens is 3. The minimum absolute atomic E-state index is 0.106. The number of methoxy groups -OCH3 is 1. The Morgan fingerprint density at radius 3 is 2.52 bits per heavy atom. The smallest absolute Gasteiger partial charge is 0.305 e. The van der Waals surface area contributed by atoms with Crippen molar-refractivity contribution in [1.29, 1.82) is 0 Å². The van der Waals surface area contributed by atoms with Gasteiger partial charge in [-0.05, 0) is 25.0 Å². The summed E-state index contributed by atoms with van der Waals surface area (Å²) in [5, 5.41) is 2.42. The lowest BCUT2D eigenvalue weighted by Gasteiger charge is -2.07. The number of hydrogen-bond donors (Lipinski definition) is 1. The van der Waals surface area contributed by atoms with Crippen LogP contribution in [-0.2, 0) is 9.53 Å². The fraction of sp³-hybridized carbons (Fsp3) is 0.429. The normalized spacial score (nSPS) is 10.3. The van der Waals surface area contributed by atoms with E-state index >= 15 is 0 Å². The summed E-state index contributed by atoms with van der Waals surface area (Å²) in [5.74, 6) is -3.05. The fourth-order valence-corrected chi connectivity index (χ4v) is 1.90. The first-order valence-electron chi connectivity index (χ1n) is 6.45. The predicted octanol–water partition coefficient (Wildman–Crippen LogP) is 3.08. The topological polar surface area (TPSA) is 55.4 Å². The molecule has 0 aliphatic heterocycles. The second-order valence-corrected chi connectivity index (χ2v) is 4.80. The summed E-state index contributed by atoms with van der Waals surface area (Å²) in [6.45, 7) is 0.356. The number of carbonyl (C=O) groups is 2. The van der Waals surface area contributed by atoms with Crippen molar-refractivity contribution >= 4 is 23.5 Å². The van der Waals surface area contributed by atoms with Gasteiger partial charge in [-0.2, -0.15) is 0 Å². The Morgan fingerprint density at radius 2 is 1.86 bits per heavy atom. The summed E-state index contributed by atoms with van der Waals surface area (Å²) >= 11 is 5.69. The molecule has 21 heavy (non-hydrogen) atoms. The molecule has 0 unspecified atom stereocenters. The number of ether oxygens (including phenoxy) is 1. The molecule has 0 bridgehead atoms. The lowest BCUT2D eigenvalue weighted by molar-refractivity contribution is -0.140. The third kappa shape index (κ3) is 5.67. The monoisotopic (exact) mass is 319 g/mol. The van der Waals surface area contributed by atoms with Gasteiger partial charge in [-0.1, -0.05) is 18.0 Å². The summed E-state index contributed by atoms with van der Waals surface area (Å²) in [6.07, 6.45) is 2.39. The third-order valence-corrected chi connectivity index (χ3v) is 3.14. The van der Waals surface area contributed by atoms with Gasteiger partial charge in [0.05, 0.1) is 17.7 Å². The van der Waals surface area contributed by atoms with Crippen LogP contribution in [0.25, 0.3) is 0 Å². The van der Waals surface area contributed by atoms with E-state index < -0.39 is 17.5 Å². The minimum Gasteiger partial charge on any atom is -0.469 e. The summed E-state index contributed by atoms with van der Waals surface area (Å²) in [6, 6.07) is 1.53. The molecule has 1 amide bonds. The van der Waals surface area contributed by atoms with Crippen molar-refractivity contribution < 1.29 is 23.1 Å². The molecule has 0 atom stereocenters. The number of esters is 1. The molecule has 1 aromatic rings. The zero-order valence-electron chi connectivity index (χ0n) is 11.5. The number of rotatable bonds is 7. The number of benzene rings is 1. The standard InChI is InChI=1S/C14H16ClF2NO3/c1-21-13(19)5-3-2-4-6-18-14(20)9-7-11(16)12(17)8-10(9)15/h7-8H,2-6H2,1H3,(H,18,20). The maximum absolute atomic E-state index is 13.1. The first-order valence-corrected chi connectivity index (χ1v) is 6.83. The van der Waals surface area contributed by atoms with E-state index in [1.54, 1.807) is 0 Å². The van der Waals surface area contributed by atoms with Gasteiger partial charge >= 0.3 is 5.97 Å². The molecular weight excluding hydrogens is 304 g/mol. The highest BCUT2D eigenvalue weighted by Crippen LogP contribution is 2.19. The Kier molecular flexibility index (Phi) is 7.08. The molecule has 1 rings (SSSR count). The van der Waals surface area contributed by atoms with Gasteiger partial charge in [0.15, 0.2) is 11.6 Å². The predicted molar refractivity (Wildman–Crippen MR) is 74.2 cm³/mol. The number of carbonyl (C=O) groups excluding carboxylic acids is 2. The molecule has 1 aromatic carbocycles. The molecule has 116 valence electrons. The van der Waals surface area contributed by atoms with Crippen molar-refractivity contribution in [3.63, 3.8) is 0 Å². The van der Waals surface area contributed by atoms with E-state index in [9.17, 15) is 18.4 Å². The highest BCUT2D eigenvalue weighted by Gasteiger charge is 2.14. The van der Waals surface area contributed by atoms with Crippen LogP contribution in [0.1, 0.15) is 36.0 Å². The number of nitrogens with one attached hydrogen (secondary N) is 1. The first-order chi connectivity index (χ1) is 9.95. The van der Waals surface area contributed by atoms with E-state index in [2.05, 4.69) is 10.1 Å². The van der Waals surface area contributed by atoms with Gasteiger partial charge in [-0.3, -0.25) is 9.59 Å². The van der Waals surface area contributed by atoms with Crippen LogP contribution in [0.5, 0.6) is 0 Å². The Hall–Kier alpha value is -1.69. The summed E-state index contributed by atoms with van der Waals surface area (Å²) in [4.78, 5) is 22.6. The molecule has 0 radical (unpaired) electrons. The van der Waals surface area contributed by atoms with Crippen LogP contribution in [0.4, 0.5) is 8.78 Å². The van der Waals surface area contributed by atoms with E-state index in [1.165, 1.54) is 7.11 Å². The van der Waals surface area contributed by atoms with Crippen LogP contribution in [-0.4, -0.2) is 25.5 Å². The number of hydrogen-bond acceptors (Lipinski definition) is 3. The lowest BCUT2D eigenvalue weighted by atomic mass is 10.1. The maximum Gasteiger partial charge on any atom is 0.305 e. The van der Waals surface area contributed by atoms with E-state index in [-0.39, 0.29) is 16.6 Å². The van der Waals surface area contributed by atoms with Crippen molar-refractivity contribution in [2.75, 3.05) is 13.7 Å². The van der Waals surface area contributed by atoms with Crippen LogP contribution in [0.15, 0.2) is 12.1 Å². The van der Waals surface area contributed by atoms with Crippen molar-refractivity contribution in [2.24, 2.45) is 0 Å². The van der Waals surface area contributed by atoms with E-state index in [4.69, 9.17) is 11.6 Å². The van der Waals surface area contributed by atoms with Crippen LogP contribution < -0.4 is 5.32 Å². The van der Waals surface area contributed by atoms with E-state index in [0.29, 0.717) is 25.8 Å². The molecular formula is C14H16ClF2NO3. The van der Waals surface area contributed by atoms with Crippen molar-refractivity contribution in [1.82, 2.24) is 5.32 Å². The average Bonchev–Trinajstić information content (AvgIpc) is 2.45. The van der Waals surface area contributed by atoms with Gasteiger partial charge < -0.3 is 10.1 Å². The highest BCUT2D eigenvalue weighted by atomic mass is 35.5. The average molecular weight is 320 g/mol. The van der Waals surface area contributed by atoms with Crippen molar-refractivity contribution in [3.05, 3.63) is 34.4 Å². The molecule has 1 N–H and O–H groups in total. The Balaban J connectivity index is 2.35. The van der Waals surface area contributed by atoms with Gasteiger partial charge in [0, 0.05) is 13.0 Å².